The molecule has 0 spiro atoms. The Morgan fingerprint density at radius 3 is 2.78 bits per heavy atom. The molecule has 0 N–H and O–H groups in total. The Morgan fingerprint density at radius 1 is 1.28 bits per heavy atom. The first kappa shape index (κ1) is 13.3. The summed E-state index contributed by atoms with van der Waals surface area (Å²) in [6, 6.07) is 8.41. The van der Waals surface area contributed by atoms with Gasteiger partial charge in [0.25, 0.3) is 0 Å². The molecule has 0 radical (unpaired) electrons. The fourth-order valence-corrected chi connectivity index (χ4v) is 2.36. The molecule has 96 valence electrons. The summed E-state index contributed by atoms with van der Waals surface area (Å²) < 4.78 is 0. The molecule has 0 aliphatic carbocycles. The lowest BCUT2D eigenvalue weighted by atomic mass is 10.1. The van der Waals surface area contributed by atoms with Gasteiger partial charge in [-0.3, -0.25) is 0 Å². The van der Waals surface area contributed by atoms with Gasteiger partial charge >= 0.3 is 0 Å². The smallest absolute Gasteiger partial charge is 0.132 e. The van der Waals surface area contributed by atoms with Gasteiger partial charge in [0.15, 0.2) is 0 Å². The first-order chi connectivity index (χ1) is 8.58. The van der Waals surface area contributed by atoms with Crippen molar-refractivity contribution in [2.75, 3.05) is 20.6 Å². The highest BCUT2D eigenvalue weighted by Crippen LogP contribution is 2.23. The zero-order valence-corrected chi connectivity index (χ0v) is 12.0. The first-order valence-corrected chi connectivity index (χ1v) is 6.65. The predicted octanol–water partition coefficient (Wildman–Crippen LogP) is 3.69. The minimum atomic E-state index is 0.649. The van der Waals surface area contributed by atoms with Crippen LogP contribution in [0.2, 0.25) is 5.15 Å². The molecule has 1 heterocycles. The van der Waals surface area contributed by atoms with Crippen LogP contribution < -0.4 is 0 Å². The van der Waals surface area contributed by atoms with Crippen molar-refractivity contribution >= 4 is 22.5 Å². The molecule has 1 aromatic heterocycles. The van der Waals surface area contributed by atoms with Gasteiger partial charge in [0.1, 0.15) is 5.15 Å². The zero-order valence-electron chi connectivity index (χ0n) is 11.2. The van der Waals surface area contributed by atoms with E-state index in [4.69, 9.17) is 11.6 Å². The number of para-hydroxylation sites is 1. The number of halogens is 1. The fraction of sp³-hybridized carbons (Fsp3) is 0.400. The van der Waals surface area contributed by atoms with Crippen molar-refractivity contribution in [2.45, 2.75) is 19.8 Å². The van der Waals surface area contributed by atoms with E-state index in [1.54, 1.807) is 0 Å². The number of fused-ring (bicyclic) bond motifs is 1. The maximum Gasteiger partial charge on any atom is 0.132 e. The summed E-state index contributed by atoms with van der Waals surface area (Å²) in [6.07, 6.45) is 2.08. The highest BCUT2D eigenvalue weighted by molar-refractivity contribution is 6.30. The number of aryl methyl sites for hydroxylation is 2. The van der Waals surface area contributed by atoms with Crippen LogP contribution in [0, 0.1) is 6.92 Å². The summed E-state index contributed by atoms with van der Waals surface area (Å²) in [5.74, 6) is 0. The quantitative estimate of drug-likeness (QED) is 0.782. The van der Waals surface area contributed by atoms with Gasteiger partial charge in [0, 0.05) is 5.39 Å². The number of hydrogen-bond donors (Lipinski definition) is 0. The summed E-state index contributed by atoms with van der Waals surface area (Å²) in [6.45, 7) is 3.14. The van der Waals surface area contributed by atoms with Crippen molar-refractivity contribution < 1.29 is 0 Å². The average molecular weight is 263 g/mol. The molecule has 18 heavy (non-hydrogen) atoms. The minimum absolute atomic E-state index is 0.649. The van der Waals surface area contributed by atoms with Crippen molar-refractivity contribution in [1.82, 2.24) is 9.88 Å². The van der Waals surface area contributed by atoms with E-state index < -0.39 is 0 Å². The molecule has 0 saturated carbocycles. The first-order valence-electron chi connectivity index (χ1n) is 6.27. The number of pyridine rings is 1. The molecular formula is C15H19ClN2. The van der Waals surface area contributed by atoms with Gasteiger partial charge in [-0.05, 0) is 57.6 Å². The van der Waals surface area contributed by atoms with E-state index in [1.807, 2.05) is 0 Å². The van der Waals surface area contributed by atoms with E-state index in [1.165, 1.54) is 10.9 Å². The van der Waals surface area contributed by atoms with E-state index in [2.05, 4.69) is 55.2 Å². The predicted molar refractivity (Wildman–Crippen MR) is 78.4 cm³/mol. The molecule has 2 rings (SSSR count). The number of hydrogen-bond acceptors (Lipinski definition) is 2. The third kappa shape index (κ3) is 3.01. The second-order valence-corrected chi connectivity index (χ2v) is 5.35. The van der Waals surface area contributed by atoms with Crippen LogP contribution in [-0.2, 0) is 6.42 Å². The van der Waals surface area contributed by atoms with E-state index >= 15 is 0 Å². The zero-order chi connectivity index (χ0) is 13.1. The molecule has 0 aliphatic rings. The van der Waals surface area contributed by atoms with E-state index in [-0.39, 0.29) is 0 Å². The second-order valence-electron chi connectivity index (χ2n) is 4.99. The molecule has 0 atom stereocenters. The number of benzene rings is 1. The third-order valence-electron chi connectivity index (χ3n) is 3.13. The van der Waals surface area contributed by atoms with Crippen molar-refractivity contribution in [3.63, 3.8) is 0 Å². The summed E-state index contributed by atoms with van der Waals surface area (Å²) >= 11 is 6.27. The van der Waals surface area contributed by atoms with E-state index in [9.17, 15) is 0 Å². The average Bonchev–Trinajstić information content (AvgIpc) is 2.31. The number of rotatable bonds is 4. The normalized spacial score (nSPS) is 11.4. The lowest BCUT2D eigenvalue weighted by Gasteiger charge is -2.10. The van der Waals surface area contributed by atoms with Gasteiger partial charge in [-0.1, -0.05) is 29.8 Å². The summed E-state index contributed by atoms with van der Waals surface area (Å²) in [5, 5.41) is 1.83. The van der Waals surface area contributed by atoms with Crippen molar-refractivity contribution in [3.8, 4) is 0 Å². The Morgan fingerprint density at radius 2 is 2.06 bits per heavy atom. The molecule has 0 saturated heterocycles. The summed E-state index contributed by atoms with van der Waals surface area (Å²) in [7, 11) is 4.17. The van der Waals surface area contributed by atoms with Crippen LogP contribution in [-0.4, -0.2) is 30.5 Å². The van der Waals surface area contributed by atoms with Gasteiger partial charge in [-0.15, -0.1) is 0 Å². The van der Waals surface area contributed by atoms with Crippen LogP contribution in [0.25, 0.3) is 10.9 Å². The van der Waals surface area contributed by atoms with Crippen LogP contribution in [0.4, 0.5) is 0 Å². The molecule has 2 nitrogen and oxygen atoms in total. The largest absolute Gasteiger partial charge is 0.309 e. The molecule has 1 aromatic carbocycles. The topological polar surface area (TPSA) is 16.1 Å². The molecule has 0 amide bonds. The van der Waals surface area contributed by atoms with Crippen LogP contribution in [0.5, 0.6) is 0 Å². The SMILES string of the molecule is Cc1cccc2cc(CCCN(C)C)c(Cl)nc12. The Balaban J connectivity index is 2.26. The fourth-order valence-electron chi connectivity index (χ4n) is 2.13. The van der Waals surface area contributed by atoms with Crippen LogP contribution in [0.1, 0.15) is 17.5 Å². The maximum absolute atomic E-state index is 6.27. The molecule has 0 bridgehead atoms. The second kappa shape index (κ2) is 5.68. The summed E-state index contributed by atoms with van der Waals surface area (Å²) in [5.41, 5.74) is 3.34. The van der Waals surface area contributed by atoms with Gasteiger partial charge in [0.2, 0.25) is 0 Å². The number of aromatic nitrogens is 1. The molecule has 2 aromatic rings. The standard InChI is InChI=1S/C15H19ClN2/c1-11-6-4-7-12-10-13(8-5-9-18(2)3)15(16)17-14(11)12/h4,6-7,10H,5,8-9H2,1-3H3. The lowest BCUT2D eigenvalue weighted by molar-refractivity contribution is 0.400. The third-order valence-corrected chi connectivity index (χ3v) is 3.45. The highest BCUT2D eigenvalue weighted by Gasteiger charge is 2.06. The van der Waals surface area contributed by atoms with E-state index in [0.29, 0.717) is 5.15 Å². The molecule has 0 aliphatic heterocycles. The monoisotopic (exact) mass is 262 g/mol. The van der Waals surface area contributed by atoms with Gasteiger partial charge in [-0.2, -0.15) is 0 Å². The van der Waals surface area contributed by atoms with Gasteiger partial charge in [0.05, 0.1) is 5.52 Å². The van der Waals surface area contributed by atoms with Crippen LogP contribution in [0.15, 0.2) is 24.3 Å². The number of nitrogens with zero attached hydrogens (tertiary/aromatic N) is 2. The van der Waals surface area contributed by atoms with Crippen molar-refractivity contribution in [3.05, 3.63) is 40.5 Å². The Bertz CT molecular complexity index is 549. The van der Waals surface area contributed by atoms with Crippen molar-refractivity contribution in [1.29, 1.82) is 0 Å². The molecule has 0 unspecified atom stereocenters. The minimum Gasteiger partial charge on any atom is -0.309 e. The van der Waals surface area contributed by atoms with Crippen LogP contribution >= 0.6 is 11.6 Å². The molecule has 3 heteroatoms. The Labute approximate surface area is 114 Å². The van der Waals surface area contributed by atoms with Crippen LogP contribution in [0.3, 0.4) is 0 Å². The highest BCUT2D eigenvalue weighted by atomic mass is 35.5. The molecule has 0 fully saturated rings. The lowest BCUT2D eigenvalue weighted by Crippen LogP contribution is -2.13. The van der Waals surface area contributed by atoms with E-state index in [0.717, 1.165) is 30.5 Å². The Kier molecular flexibility index (Phi) is 4.20. The summed E-state index contributed by atoms with van der Waals surface area (Å²) in [4.78, 5) is 6.71. The van der Waals surface area contributed by atoms with Crippen molar-refractivity contribution in [2.24, 2.45) is 0 Å². The van der Waals surface area contributed by atoms with Gasteiger partial charge in [-0.25, -0.2) is 4.98 Å². The molecular weight excluding hydrogens is 244 g/mol. The Hall–Kier alpha value is -1.12. The maximum atomic E-state index is 6.27. The van der Waals surface area contributed by atoms with Gasteiger partial charge < -0.3 is 4.90 Å².